The molecule has 128 valence electrons. The first-order chi connectivity index (χ1) is 11.2. The van der Waals surface area contributed by atoms with Crippen LogP contribution in [0.3, 0.4) is 0 Å². The van der Waals surface area contributed by atoms with Crippen LogP contribution in [0.4, 0.5) is 0 Å². The molecule has 0 spiro atoms. The van der Waals surface area contributed by atoms with Gasteiger partial charge in [-0.3, -0.25) is 9.36 Å². The minimum absolute atomic E-state index is 0. The minimum Gasteiger partial charge on any atom is -0.746 e. The summed E-state index contributed by atoms with van der Waals surface area (Å²) < 4.78 is 15.1. The maximum absolute atomic E-state index is 12.3. The van der Waals surface area contributed by atoms with Crippen molar-refractivity contribution in [1.29, 1.82) is 0 Å². The predicted molar refractivity (Wildman–Crippen MR) is 81.0 cm³/mol. The van der Waals surface area contributed by atoms with Gasteiger partial charge in [-0.15, -0.1) is 0 Å². The van der Waals surface area contributed by atoms with Gasteiger partial charge in [0.15, 0.2) is 5.78 Å². The Balaban J connectivity index is 0.00000312. The summed E-state index contributed by atoms with van der Waals surface area (Å²) in [6.07, 6.45) is 0.154. The third kappa shape index (κ3) is 6.36. The summed E-state index contributed by atoms with van der Waals surface area (Å²) in [5.41, 5.74) is 0.273. The molecule has 2 rings (SSSR count). The Morgan fingerprint density at radius 2 is 1.68 bits per heavy atom. The van der Waals surface area contributed by atoms with E-state index in [1.54, 1.807) is 12.1 Å². The fraction of sp³-hybridized carbons (Fsp3) is 0.133. The van der Waals surface area contributed by atoms with Crippen molar-refractivity contribution in [2.75, 3.05) is 0 Å². The van der Waals surface area contributed by atoms with E-state index in [1.807, 2.05) is 0 Å². The zero-order valence-electron chi connectivity index (χ0n) is 13.2. The summed E-state index contributed by atoms with van der Waals surface area (Å²) in [6, 6.07) is 7.77. The molecule has 0 aliphatic rings. The summed E-state index contributed by atoms with van der Waals surface area (Å²) in [4.78, 5) is 31.9. The van der Waals surface area contributed by atoms with E-state index in [0.717, 1.165) is 17.7 Å². The average molecular weight is 376 g/mol. The fourth-order valence-corrected chi connectivity index (χ4v) is 2.50. The van der Waals surface area contributed by atoms with E-state index in [0.29, 0.717) is 0 Å². The molecule has 10 heteroatoms. The summed E-state index contributed by atoms with van der Waals surface area (Å²) >= 11 is 0. The molecule has 0 aromatic heterocycles. The van der Waals surface area contributed by atoms with Gasteiger partial charge in [-0.05, 0) is 24.1 Å². The largest absolute Gasteiger partial charge is 1.00 e. The zero-order valence-corrected chi connectivity index (χ0v) is 16.1. The van der Waals surface area contributed by atoms with E-state index in [4.69, 9.17) is 4.89 Å². The number of phosphoric ester groups is 1. The van der Waals surface area contributed by atoms with Gasteiger partial charge in [0, 0.05) is 18.6 Å². The van der Waals surface area contributed by atoms with Crippen LogP contribution in [-0.4, -0.2) is 26.0 Å². The van der Waals surface area contributed by atoms with E-state index in [2.05, 4.69) is 4.52 Å². The molecule has 0 radical (unpaired) electrons. The molecule has 0 heterocycles. The van der Waals surface area contributed by atoms with Crippen LogP contribution < -0.4 is 39.0 Å². The minimum atomic E-state index is -5.23. The van der Waals surface area contributed by atoms with Gasteiger partial charge in [0.25, 0.3) is 0 Å². The van der Waals surface area contributed by atoms with Crippen LogP contribution in [0.25, 0.3) is 0 Å². The van der Waals surface area contributed by atoms with Crippen LogP contribution in [-0.2, 0) is 11.0 Å². The molecule has 1 atom stereocenters. The molecule has 2 aromatic rings. The quantitative estimate of drug-likeness (QED) is 0.270. The molecule has 25 heavy (non-hydrogen) atoms. The van der Waals surface area contributed by atoms with E-state index in [1.165, 1.54) is 12.1 Å². The Kier molecular flexibility index (Phi) is 7.49. The standard InChI is InChI=1S/C15H15O8P.Na/c16-10-4-1-9(2-5-10)3-6-12(18)15-13(19)7-11(17)8-14(15)23-24(20,21)22;/h1-2,4-5,7-8,16-17,19H,3,6H2,(H2,20,21,22);/q;+1/p-1. The van der Waals surface area contributed by atoms with Crippen LogP contribution >= 0.6 is 7.82 Å². The topological polar surface area (TPSA) is 147 Å². The maximum Gasteiger partial charge on any atom is 1.00 e. The van der Waals surface area contributed by atoms with E-state index in [9.17, 15) is 29.6 Å². The molecule has 0 fully saturated rings. The number of aryl methyl sites for hydroxylation is 1. The molecule has 0 aliphatic heterocycles. The van der Waals surface area contributed by atoms with Crippen molar-refractivity contribution in [3.05, 3.63) is 47.5 Å². The van der Waals surface area contributed by atoms with Gasteiger partial charge in [0.1, 0.15) is 28.6 Å². The molecular formula is C15H14NaO8P. The van der Waals surface area contributed by atoms with Gasteiger partial charge in [-0.2, -0.15) is 0 Å². The Labute approximate surface area is 165 Å². The van der Waals surface area contributed by atoms with E-state index < -0.39 is 36.4 Å². The Morgan fingerprint density at radius 3 is 2.24 bits per heavy atom. The second kappa shape index (κ2) is 8.71. The second-order valence-corrected chi connectivity index (χ2v) is 6.11. The molecule has 0 saturated carbocycles. The van der Waals surface area contributed by atoms with Crippen LogP contribution in [0, 0.1) is 0 Å². The van der Waals surface area contributed by atoms with Crippen molar-refractivity contribution in [3.63, 3.8) is 0 Å². The number of aromatic hydroxyl groups is 3. The van der Waals surface area contributed by atoms with Gasteiger partial charge in [-0.1, -0.05) is 12.1 Å². The molecule has 8 nitrogen and oxygen atoms in total. The molecule has 0 aliphatic carbocycles. The van der Waals surface area contributed by atoms with Gasteiger partial charge in [-0.25, -0.2) is 0 Å². The summed E-state index contributed by atoms with van der Waals surface area (Å²) in [5, 5.41) is 28.4. The number of phenolic OH excluding ortho intramolecular Hbond substituents is 3. The molecule has 0 bridgehead atoms. The van der Waals surface area contributed by atoms with Gasteiger partial charge >= 0.3 is 37.4 Å². The summed E-state index contributed by atoms with van der Waals surface area (Å²) in [5.74, 6) is -2.45. The van der Waals surface area contributed by atoms with Gasteiger partial charge in [0.2, 0.25) is 0 Å². The summed E-state index contributed by atoms with van der Waals surface area (Å²) in [7, 11) is -5.23. The van der Waals surface area contributed by atoms with Crippen LogP contribution in [0.2, 0.25) is 0 Å². The number of benzene rings is 2. The third-order valence-corrected chi connectivity index (χ3v) is 3.56. The van der Waals surface area contributed by atoms with Crippen LogP contribution in [0.15, 0.2) is 36.4 Å². The number of hydrogen-bond donors (Lipinski definition) is 4. The van der Waals surface area contributed by atoms with Crippen molar-refractivity contribution in [2.24, 2.45) is 0 Å². The zero-order chi connectivity index (χ0) is 17.9. The molecular weight excluding hydrogens is 362 g/mol. The van der Waals surface area contributed by atoms with E-state index >= 15 is 0 Å². The predicted octanol–water partition coefficient (Wildman–Crippen LogP) is -1.54. The van der Waals surface area contributed by atoms with Gasteiger partial charge in [0.05, 0.1) is 0 Å². The van der Waals surface area contributed by atoms with Crippen LogP contribution in [0.1, 0.15) is 22.3 Å². The molecule has 4 N–H and O–H groups in total. The summed E-state index contributed by atoms with van der Waals surface area (Å²) in [6.45, 7) is 0. The van der Waals surface area contributed by atoms with E-state index in [-0.39, 0.29) is 48.1 Å². The first-order valence-electron chi connectivity index (χ1n) is 6.76. The van der Waals surface area contributed by atoms with Crippen molar-refractivity contribution in [3.8, 4) is 23.0 Å². The van der Waals surface area contributed by atoms with Crippen LogP contribution in [0.5, 0.6) is 23.0 Å². The SMILES string of the molecule is O=C(CCc1ccc(O)cc1)c1c(O)cc(O)cc1OP(=O)([O-])O.[Na+]. The van der Waals surface area contributed by atoms with Gasteiger partial charge < -0.3 is 29.6 Å². The number of ketones is 1. The maximum atomic E-state index is 12.3. The van der Waals surface area contributed by atoms with Crippen molar-refractivity contribution >= 4 is 13.6 Å². The number of rotatable bonds is 6. The third-order valence-electron chi connectivity index (χ3n) is 3.14. The fourth-order valence-electron chi connectivity index (χ4n) is 2.11. The molecule has 0 saturated heterocycles. The molecule has 0 amide bonds. The number of carbonyl (C=O) groups excluding carboxylic acids is 1. The Bertz CT molecular complexity index is 800. The van der Waals surface area contributed by atoms with Crippen molar-refractivity contribution in [2.45, 2.75) is 12.8 Å². The monoisotopic (exact) mass is 376 g/mol. The average Bonchev–Trinajstić information content (AvgIpc) is 2.44. The number of hydrogen-bond acceptors (Lipinski definition) is 7. The van der Waals surface area contributed by atoms with Crippen molar-refractivity contribution in [1.82, 2.24) is 0 Å². The smallest absolute Gasteiger partial charge is 0.746 e. The first kappa shape index (κ1) is 21.5. The molecule has 1 unspecified atom stereocenters. The first-order valence-corrected chi connectivity index (χ1v) is 8.26. The normalized spacial score (nSPS) is 12.7. The number of Topliss-reactive ketones (excluding diaryl/α,β-unsaturated/α-hetero) is 1. The Hall–Kier alpha value is -1.54. The number of phosphoric acid groups is 1. The van der Waals surface area contributed by atoms with Crippen molar-refractivity contribution < 1.29 is 68.5 Å². The Morgan fingerprint density at radius 1 is 1.08 bits per heavy atom. The number of phenols is 3. The second-order valence-electron chi connectivity index (χ2n) is 4.99. The number of carbonyl (C=O) groups is 1. The molecule has 2 aromatic carbocycles.